The minimum absolute atomic E-state index is 0.180. The van der Waals surface area contributed by atoms with E-state index >= 15 is 0 Å². The maximum Gasteiger partial charge on any atom is 0.197 e. The molecule has 0 saturated heterocycles. The molecule has 0 unspecified atom stereocenters. The summed E-state index contributed by atoms with van der Waals surface area (Å²) in [4.78, 5) is 11.5. The topological polar surface area (TPSA) is 60.7 Å². The molecule has 0 N–H and O–H groups in total. The first kappa shape index (κ1) is 9.57. The lowest BCUT2D eigenvalue weighted by Crippen LogP contribution is -2.24. The Kier molecular flexibility index (Phi) is 2.55. The third-order valence-electron chi connectivity index (χ3n) is 1.35. The normalized spacial score (nSPS) is 12.2. The zero-order valence-electron chi connectivity index (χ0n) is 7.93. The van der Waals surface area contributed by atoms with Crippen LogP contribution in [0.25, 0.3) is 6.08 Å². The Morgan fingerprint density at radius 1 is 1.38 bits per heavy atom. The highest BCUT2D eigenvalue weighted by atomic mass is 16.1. The second kappa shape index (κ2) is 3.47. The van der Waals surface area contributed by atoms with E-state index in [1.165, 1.54) is 16.9 Å². The number of tetrazole rings is 1. The molecule has 5 heteroatoms. The van der Waals surface area contributed by atoms with Gasteiger partial charge in [0.2, 0.25) is 0 Å². The van der Waals surface area contributed by atoms with Crippen molar-refractivity contribution in [2.75, 3.05) is 0 Å². The number of aromatic nitrogens is 4. The van der Waals surface area contributed by atoms with Crippen LogP contribution in [0.2, 0.25) is 0 Å². The SMILES string of the molecule is CC(C)(C)n1nnc(/C=C/C=O)n1. The fourth-order valence-corrected chi connectivity index (χ4v) is 0.701. The summed E-state index contributed by atoms with van der Waals surface area (Å²) in [6, 6.07) is 0. The summed E-state index contributed by atoms with van der Waals surface area (Å²) >= 11 is 0. The van der Waals surface area contributed by atoms with Crippen molar-refractivity contribution in [3.05, 3.63) is 11.9 Å². The van der Waals surface area contributed by atoms with Crippen LogP contribution in [0.15, 0.2) is 6.08 Å². The van der Waals surface area contributed by atoms with E-state index in [0.717, 1.165) is 0 Å². The minimum atomic E-state index is -0.180. The van der Waals surface area contributed by atoms with E-state index in [-0.39, 0.29) is 5.54 Å². The first-order valence-electron chi connectivity index (χ1n) is 3.96. The summed E-state index contributed by atoms with van der Waals surface area (Å²) in [5.74, 6) is 0.446. The van der Waals surface area contributed by atoms with Crippen LogP contribution in [0.3, 0.4) is 0 Å². The minimum Gasteiger partial charge on any atom is -0.299 e. The molecule has 1 rings (SSSR count). The molecule has 0 bridgehead atoms. The Morgan fingerprint density at radius 3 is 2.54 bits per heavy atom. The zero-order chi connectivity index (χ0) is 9.90. The lowest BCUT2D eigenvalue weighted by Gasteiger charge is -2.15. The number of hydrogen-bond donors (Lipinski definition) is 0. The fraction of sp³-hybridized carbons (Fsp3) is 0.500. The van der Waals surface area contributed by atoms with Crippen molar-refractivity contribution in [1.29, 1.82) is 0 Å². The molecular weight excluding hydrogens is 168 g/mol. The van der Waals surface area contributed by atoms with Crippen LogP contribution in [0.4, 0.5) is 0 Å². The Bertz CT molecular complexity index is 321. The Morgan fingerprint density at radius 2 is 2.08 bits per heavy atom. The van der Waals surface area contributed by atoms with E-state index in [2.05, 4.69) is 15.4 Å². The van der Waals surface area contributed by atoms with Gasteiger partial charge in [-0.1, -0.05) is 0 Å². The monoisotopic (exact) mass is 180 g/mol. The summed E-state index contributed by atoms with van der Waals surface area (Å²) in [6.07, 6.45) is 3.53. The number of carbonyl (C=O) groups is 1. The van der Waals surface area contributed by atoms with Gasteiger partial charge < -0.3 is 0 Å². The highest BCUT2D eigenvalue weighted by Gasteiger charge is 2.15. The third-order valence-corrected chi connectivity index (χ3v) is 1.35. The highest BCUT2D eigenvalue weighted by molar-refractivity contribution is 5.72. The second-order valence-electron chi connectivity index (χ2n) is 3.60. The summed E-state index contributed by atoms with van der Waals surface area (Å²) in [5, 5.41) is 11.7. The molecule has 0 aliphatic rings. The molecule has 13 heavy (non-hydrogen) atoms. The van der Waals surface area contributed by atoms with Gasteiger partial charge in [-0.2, -0.15) is 4.80 Å². The van der Waals surface area contributed by atoms with Crippen LogP contribution >= 0.6 is 0 Å². The van der Waals surface area contributed by atoms with Crippen molar-refractivity contribution in [2.24, 2.45) is 0 Å². The van der Waals surface area contributed by atoms with E-state index in [9.17, 15) is 4.79 Å². The predicted octanol–water partition coefficient (Wildman–Crippen LogP) is 0.640. The maximum atomic E-state index is 10.0. The molecule has 0 saturated carbocycles. The van der Waals surface area contributed by atoms with E-state index < -0.39 is 0 Å². The van der Waals surface area contributed by atoms with Crippen LogP contribution < -0.4 is 0 Å². The van der Waals surface area contributed by atoms with Crippen LogP contribution in [0.5, 0.6) is 0 Å². The lowest BCUT2D eigenvalue weighted by atomic mass is 10.1. The lowest BCUT2D eigenvalue weighted by molar-refractivity contribution is -0.104. The molecule has 0 atom stereocenters. The van der Waals surface area contributed by atoms with E-state index in [4.69, 9.17) is 0 Å². The van der Waals surface area contributed by atoms with Gasteiger partial charge in [0, 0.05) is 0 Å². The number of aldehydes is 1. The second-order valence-corrected chi connectivity index (χ2v) is 3.60. The van der Waals surface area contributed by atoms with Gasteiger partial charge in [-0.25, -0.2) is 0 Å². The van der Waals surface area contributed by atoms with Gasteiger partial charge >= 0.3 is 0 Å². The van der Waals surface area contributed by atoms with Gasteiger partial charge in [-0.05, 0) is 38.1 Å². The Hall–Kier alpha value is -1.52. The largest absolute Gasteiger partial charge is 0.299 e. The van der Waals surface area contributed by atoms with Crippen molar-refractivity contribution in [2.45, 2.75) is 26.3 Å². The molecule has 5 nitrogen and oxygen atoms in total. The summed E-state index contributed by atoms with van der Waals surface area (Å²) in [6.45, 7) is 5.92. The number of carbonyl (C=O) groups excluding carboxylic acids is 1. The summed E-state index contributed by atoms with van der Waals surface area (Å²) in [7, 11) is 0. The molecule has 70 valence electrons. The Balaban J connectivity index is 2.87. The maximum absolute atomic E-state index is 10.0. The van der Waals surface area contributed by atoms with Crippen LogP contribution in [0.1, 0.15) is 26.6 Å². The van der Waals surface area contributed by atoms with Gasteiger partial charge in [0.05, 0.1) is 5.54 Å². The summed E-state index contributed by atoms with van der Waals surface area (Å²) < 4.78 is 0. The molecule has 1 aromatic rings. The summed E-state index contributed by atoms with van der Waals surface area (Å²) in [5.41, 5.74) is -0.180. The quantitative estimate of drug-likeness (QED) is 0.495. The standard InChI is InChI=1S/C8H12N4O/c1-8(2,3)12-10-7(9-11-12)5-4-6-13/h4-6H,1-3H3/b5-4+. The molecule has 0 aliphatic carbocycles. The van der Waals surface area contributed by atoms with Crippen LogP contribution in [-0.2, 0) is 10.3 Å². The van der Waals surface area contributed by atoms with E-state index in [1.807, 2.05) is 20.8 Å². The van der Waals surface area contributed by atoms with Gasteiger partial charge in [-0.3, -0.25) is 4.79 Å². The molecular formula is C8H12N4O. The van der Waals surface area contributed by atoms with Crippen molar-refractivity contribution >= 4 is 12.4 Å². The number of rotatable bonds is 2. The first-order valence-corrected chi connectivity index (χ1v) is 3.96. The van der Waals surface area contributed by atoms with Crippen LogP contribution in [-0.4, -0.2) is 26.5 Å². The number of nitrogens with zero attached hydrogens (tertiary/aromatic N) is 4. The zero-order valence-corrected chi connectivity index (χ0v) is 7.93. The Labute approximate surface area is 76.4 Å². The van der Waals surface area contributed by atoms with Gasteiger partial charge in [-0.15, -0.1) is 10.2 Å². The predicted molar refractivity (Wildman–Crippen MR) is 47.9 cm³/mol. The molecule has 0 fully saturated rings. The molecule has 0 amide bonds. The third kappa shape index (κ3) is 2.47. The van der Waals surface area contributed by atoms with Crippen molar-refractivity contribution in [1.82, 2.24) is 20.2 Å². The van der Waals surface area contributed by atoms with Gasteiger partial charge in [0.25, 0.3) is 0 Å². The van der Waals surface area contributed by atoms with Crippen molar-refractivity contribution in [3.8, 4) is 0 Å². The van der Waals surface area contributed by atoms with E-state index in [0.29, 0.717) is 12.1 Å². The molecule has 0 spiro atoms. The number of hydrogen-bond acceptors (Lipinski definition) is 4. The molecule has 0 radical (unpaired) electrons. The highest BCUT2D eigenvalue weighted by Crippen LogP contribution is 2.09. The smallest absolute Gasteiger partial charge is 0.197 e. The first-order chi connectivity index (χ1) is 6.04. The molecule has 0 aliphatic heterocycles. The van der Waals surface area contributed by atoms with E-state index in [1.54, 1.807) is 0 Å². The van der Waals surface area contributed by atoms with Gasteiger partial charge in [0.1, 0.15) is 6.29 Å². The molecule has 1 heterocycles. The average molecular weight is 180 g/mol. The fourth-order valence-electron chi connectivity index (χ4n) is 0.701. The average Bonchev–Trinajstić information content (AvgIpc) is 2.47. The molecule has 0 aromatic carbocycles. The van der Waals surface area contributed by atoms with Crippen LogP contribution in [0, 0.1) is 0 Å². The van der Waals surface area contributed by atoms with Crippen molar-refractivity contribution in [3.63, 3.8) is 0 Å². The van der Waals surface area contributed by atoms with Crippen molar-refractivity contribution < 1.29 is 4.79 Å². The number of allylic oxidation sites excluding steroid dienone is 1. The molecule has 1 aromatic heterocycles. The van der Waals surface area contributed by atoms with Gasteiger partial charge in [0.15, 0.2) is 5.82 Å².